The van der Waals surface area contributed by atoms with E-state index in [1.807, 2.05) is 30.3 Å². The van der Waals surface area contributed by atoms with Crippen LogP contribution in [-0.4, -0.2) is 36.1 Å². The van der Waals surface area contributed by atoms with Crippen molar-refractivity contribution in [1.29, 1.82) is 0 Å². The van der Waals surface area contributed by atoms with Gasteiger partial charge in [-0.25, -0.2) is 0 Å². The third-order valence-electron chi connectivity index (χ3n) is 4.45. The Hall–Kier alpha value is -2.11. The van der Waals surface area contributed by atoms with Gasteiger partial charge in [-0.15, -0.1) is 0 Å². The monoisotopic (exact) mass is 329 g/mol. The summed E-state index contributed by atoms with van der Waals surface area (Å²) in [5.41, 5.74) is 1.08. The molecule has 2 aliphatic heterocycles. The van der Waals surface area contributed by atoms with Gasteiger partial charge in [-0.05, 0) is 43.5 Å². The second-order valence-corrected chi connectivity index (χ2v) is 6.32. The van der Waals surface area contributed by atoms with Crippen LogP contribution in [0.2, 0.25) is 0 Å². The maximum atomic E-state index is 12.6. The van der Waals surface area contributed by atoms with Crippen LogP contribution in [0.15, 0.2) is 54.8 Å². The number of allylic oxidation sites excluding steroid dienone is 2. The molecule has 5 nitrogen and oxygen atoms in total. The standard InChI is InChI=1S/C19H23NO4/c1-13(21)11-15-12-20-18(17(15)14-7-3-2-4-8-14)19(22)24-16-9-5-6-10-23-16/h2-10,13,15-18,20-21H,11-12H2,1H3/t13?,15?,16?,17?,18-/m0/s1. The van der Waals surface area contributed by atoms with E-state index < -0.39 is 18.4 Å². The normalized spacial score (nSPS) is 29.9. The van der Waals surface area contributed by atoms with Gasteiger partial charge in [0.1, 0.15) is 6.04 Å². The molecule has 1 aromatic carbocycles. The Morgan fingerprint density at radius 3 is 2.83 bits per heavy atom. The van der Waals surface area contributed by atoms with Gasteiger partial charge in [0, 0.05) is 5.92 Å². The van der Waals surface area contributed by atoms with Crippen LogP contribution in [0.4, 0.5) is 0 Å². The number of ether oxygens (including phenoxy) is 2. The fraction of sp³-hybridized carbons (Fsp3) is 0.421. The molecule has 0 bridgehead atoms. The second kappa shape index (κ2) is 7.64. The van der Waals surface area contributed by atoms with Gasteiger partial charge in [-0.1, -0.05) is 36.4 Å². The number of carbonyl (C=O) groups excluding carboxylic acids is 1. The predicted molar refractivity (Wildman–Crippen MR) is 90.0 cm³/mol. The van der Waals surface area contributed by atoms with Crippen LogP contribution in [0.25, 0.3) is 0 Å². The number of hydrogen-bond acceptors (Lipinski definition) is 5. The molecule has 1 aromatic rings. The number of benzene rings is 1. The van der Waals surface area contributed by atoms with Crippen molar-refractivity contribution in [1.82, 2.24) is 5.32 Å². The van der Waals surface area contributed by atoms with Crippen molar-refractivity contribution in [2.75, 3.05) is 6.54 Å². The predicted octanol–water partition coefficient (Wildman–Crippen LogP) is 2.10. The SMILES string of the molecule is CC(O)CC1CN[C@H](C(=O)OC2C=CC=CO2)C1c1ccccc1. The highest BCUT2D eigenvalue weighted by atomic mass is 16.7. The zero-order chi connectivity index (χ0) is 16.9. The topological polar surface area (TPSA) is 67.8 Å². The highest BCUT2D eigenvalue weighted by molar-refractivity contribution is 5.78. The smallest absolute Gasteiger partial charge is 0.327 e. The fourth-order valence-corrected chi connectivity index (χ4v) is 3.47. The van der Waals surface area contributed by atoms with Gasteiger partial charge in [0.15, 0.2) is 0 Å². The molecule has 5 atom stereocenters. The number of aliphatic hydroxyl groups excluding tert-OH is 1. The summed E-state index contributed by atoms with van der Waals surface area (Å²) in [4.78, 5) is 12.6. The van der Waals surface area contributed by atoms with Crippen LogP contribution >= 0.6 is 0 Å². The van der Waals surface area contributed by atoms with Crippen molar-refractivity contribution in [3.05, 3.63) is 60.4 Å². The summed E-state index contributed by atoms with van der Waals surface area (Å²) in [5, 5.41) is 13.0. The lowest BCUT2D eigenvalue weighted by Crippen LogP contribution is -2.38. The van der Waals surface area contributed by atoms with E-state index in [1.54, 1.807) is 25.2 Å². The van der Waals surface area contributed by atoms with E-state index in [2.05, 4.69) is 5.32 Å². The van der Waals surface area contributed by atoms with Gasteiger partial charge >= 0.3 is 5.97 Å². The molecule has 3 rings (SSSR count). The van der Waals surface area contributed by atoms with Crippen molar-refractivity contribution >= 4 is 5.97 Å². The molecule has 0 aliphatic carbocycles. The highest BCUT2D eigenvalue weighted by Crippen LogP contribution is 2.36. The quantitative estimate of drug-likeness (QED) is 0.810. The van der Waals surface area contributed by atoms with Crippen molar-refractivity contribution < 1.29 is 19.4 Å². The van der Waals surface area contributed by atoms with E-state index in [4.69, 9.17) is 9.47 Å². The molecule has 2 N–H and O–H groups in total. The first-order chi connectivity index (χ1) is 11.6. The van der Waals surface area contributed by atoms with E-state index in [0.29, 0.717) is 13.0 Å². The molecule has 4 unspecified atom stereocenters. The average molecular weight is 329 g/mol. The van der Waals surface area contributed by atoms with E-state index >= 15 is 0 Å². The molecule has 0 radical (unpaired) electrons. The van der Waals surface area contributed by atoms with E-state index in [0.717, 1.165) is 5.56 Å². The molecular weight excluding hydrogens is 306 g/mol. The van der Waals surface area contributed by atoms with Crippen molar-refractivity contribution in [2.45, 2.75) is 37.7 Å². The maximum absolute atomic E-state index is 12.6. The Morgan fingerprint density at radius 2 is 2.17 bits per heavy atom. The molecule has 0 saturated carbocycles. The summed E-state index contributed by atoms with van der Waals surface area (Å²) >= 11 is 0. The molecule has 0 amide bonds. The Kier molecular flexibility index (Phi) is 5.33. The largest absolute Gasteiger partial charge is 0.459 e. The molecule has 5 heteroatoms. The lowest BCUT2D eigenvalue weighted by Gasteiger charge is -2.25. The number of rotatable bonds is 5. The van der Waals surface area contributed by atoms with E-state index in [9.17, 15) is 9.90 Å². The van der Waals surface area contributed by atoms with Crippen molar-refractivity contribution in [3.8, 4) is 0 Å². The third-order valence-corrected chi connectivity index (χ3v) is 4.45. The van der Waals surface area contributed by atoms with Crippen molar-refractivity contribution in [3.63, 3.8) is 0 Å². The summed E-state index contributed by atoms with van der Waals surface area (Å²) in [7, 11) is 0. The van der Waals surface area contributed by atoms with Crippen LogP contribution in [0.3, 0.4) is 0 Å². The van der Waals surface area contributed by atoms with Crippen LogP contribution in [0.1, 0.15) is 24.8 Å². The molecule has 1 saturated heterocycles. The molecule has 2 heterocycles. The first-order valence-electron chi connectivity index (χ1n) is 8.31. The first kappa shape index (κ1) is 16.7. The van der Waals surface area contributed by atoms with Crippen LogP contribution in [0.5, 0.6) is 0 Å². The number of carbonyl (C=O) groups is 1. The number of aliphatic hydroxyl groups is 1. The third kappa shape index (κ3) is 3.86. The minimum Gasteiger partial charge on any atom is -0.459 e. The zero-order valence-electron chi connectivity index (χ0n) is 13.7. The Morgan fingerprint density at radius 1 is 1.38 bits per heavy atom. The number of esters is 1. The molecule has 0 spiro atoms. The van der Waals surface area contributed by atoms with Gasteiger partial charge in [0.25, 0.3) is 6.29 Å². The van der Waals surface area contributed by atoms with E-state index in [-0.39, 0.29) is 17.8 Å². The summed E-state index contributed by atoms with van der Waals surface area (Å²) in [6.45, 7) is 2.45. The summed E-state index contributed by atoms with van der Waals surface area (Å²) in [6.07, 6.45) is 6.27. The molecule has 0 aromatic heterocycles. The Bertz CT molecular complexity index is 611. The average Bonchev–Trinajstić information content (AvgIpc) is 2.99. The molecule has 128 valence electrons. The van der Waals surface area contributed by atoms with Gasteiger partial charge in [0.05, 0.1) is 12.4 Å². The first-order valence-corrected chi connectivity index (χ1v) is 8.31. The lowest BCUT2D eigenvalue weighted by molar-refractivity contribution is -0.164. The van der Waals surface area contributed by atoms with Gasteiger partial charge in [-0.3, -0.25) is 4.79 Å². The number of hydrogen-bond donors (Lipinski definition) is 2. The van der Waals surface area contributed by atoms with Gasteiger partial charge < -0.3 is 19.9 Å². The van der Waals surface area contributed by atoms with Crippen LogP contribution < -0.4 is 5.32 Å². The van der Waals surface area contributed by atoms with Crippen LogP contribution in [0, 0.1) is 5.92 Å². The molecule has 24 heavy (non-hydrogen) atoms. The second-order valence-electron chi connectivity index (χ2n) is 6.32. The Balaban J connectivity index is 1.76. The summed E-state index contributed by atoms with van der Waals surface area (Å²) in [6, 6.07) is 9.48. The fourth-order valence-electron chi connectivity index (χ4n) is 3.47. The molecule has 2 aliphatic rings. The maximum Gasteiger partial charge on any atom is 0.327 e. The van der Waals surface area contributed by atoms with Crippen LogP contribution in [-0.2, 0) is 14.3 Å². The van der Waals surface area contributed by atoms with Gasteiger partial charge in [-0.2, -0.15) is 0 Å². The molecule has 1 fully saturated rings. The summed E-state index contributed by atoms with van der Waals surface area (Å²) < 4.78 is 10.7. The Labute approximate surface area is 142 Å². The lowest BCUT2D eigenvalue weighted by atomic mass is 9.81. The highest BCUT2D eigenvalue weighted by Gasteiger charge is 2.42. The molecular formula is C19H23NO4. The number of nitrogens with one attached hydrogen (secondary N) is 1. The zero-order valence-corrected chi connectivity index (χ0v) is 13.7. The summed E-state index contributed by atoms with van der Waals surface area (Å²) in [5.74, 6) is -0.189. The van der Waals surface area contributed by atoms with Crippen molar-refractivity contribution in [2.24, 2.45) is 5.92 Å². The minimum atomic E-state index is -0.684. The van der Waals surface area contributed by atoms with Gasteiger partial charge in [0.2, 0.25) is 0 Å². The minimum absolute atomic E-state index is 0.0311. The van der Waals surface area contributed by atoms with E-state index in [1.165, 1.54) is 6.26 Å².